The summed E-state index contributed by atoms with van der Waals surface area (Å²) in [5.74, 6) is 0.769. The van der Waals surface area contributed by atoms with E-state index < -0.39 is 0 Å². The second kappa shape index (κ2) is 9.32. The predicted octanol–water partition coefficient (Wildman–Crippen LogP) is 2.53. The van der Waals surface area contributed by atoms with E-state index in [0.29, 0.717) is 13.2 Å². The smallest absolute Gasteiger partial charge is 0.137 e. The van der Waals surface area contributed by atoms with Crippen LogP contribution in [0.3, 0.4) is 0 Å². The van der Waals surface area contributed by atoms with E-state index in [0.717, 1.165) is 37.4 Å². The Morgan fingerprint density at radius 2 is 2.14 bits per heavy atom. The first-order valence-corrected chi connectivity index (χ1v) is 7.26. The van der Waals surface area contributed by atoms with E-state index in [9.17, 15) is 0 Å². The summed E-state index contributed by atoms with van der Waals surface area (Å²) in [7, 11) is 1.68. The molecule has 0 saturated carbocycles. The number of methoxy groups -OCH3 is 1. The molecular weight excluding hydrogens is 266 g/mol. The van der Waals surface area contributed by atoms with Crippen molar-refractivity contribution in [1.29, 1.82) is 5.26 Å². The zero-order chi connectivity index (χ0) is 15.6. The molecule has 0 aliphatic rings. The Morgan fingerprint density at radius 1 is 1.33 bits per heavy atom. The molecule has 1 heterocycles. The highest BCUT2D eigenvalue weighted by Gasteiger charge is 2.15. The van der Waals surface area contributed by atoms with Crippen LogP contribution in [0, 0.1) is 16.7 Å². The molecule has 1 aromatic heterocycles. The van der Waals surface area contributed by atoms with Crippen molar-refractivity contribution in [1.82, 2.24) is 10.3 Å². The second-order valence-corrected chi connectivity index (χ2v) is 5.60. The van der Waals surface area contributed by atoms with Crippen molar-refractivity contribution in [2.24, 2.45) is 5.41 Å². The van der Waals surface area contributed by atoms with Crippen LogP contribution in [0.4, 0.5) is 0 Å². The van der Waals surface area contributed by atoms with Crippen LogP contribution in [0.5, 0.6) is 5.75 Å². The summed E-state index contributed by atoms with van der Waals surface area (Å²) in [6.07, 6.45) is 3.43. The molecule has 0 saturated heterocycles. The molecule has 1 rings (SSSR count). The molecule has 0 aromatic carbocycles. The number of hydrogen-bond donors (Lipinski definition) is 1. The zero-order valence-electron chi connectivity index (χ0n) is 13.2. The van der Waals surface area contributed by atoms with Crippen LogP contribution in [0.2, 0.25) is 0 Å². The number of rotatable bonds is 10. The Kier molecular flexibility index (Phi) is 7.73. The van der Waals surface area contributed by atoms with Gasteiger partial charge in [-0.1, -0.05) is 0 Å². The van der Waals surface area contributed by atoms with Crippen LogP contribution in [0.25, 0.3) is 0 Å². The number of aromatic nitrogens is 1. The number of pyridine rings is 1. The summed E-state index contributed by atoms with van der Waals surface area (Å²) in [4.78, 5) is 4.34. The highest BCUT2D eigenvalue weighted by atomic mass is 16.5. The third kappa shape index (κ3) is 7.64. The lowest BCUT2D eigenvalue weighted by atomic mass is 9.90. The van der Waals surface area contributed by atoms with Crippen molar-refractivity contribution in [2.75, 3.05) is 26.9 Å². The van der Waals surface area contributed by atoms with Gasteiger partial charge in [-0.05, 0) is 38.8 Å². The Hall–Kier alpha value is -1.64. The molecule has 0 amide bonds. The maximum Gasteiger partial charge on any atom is 0.137 e. The standard InChI is InChI=1S/C16H25N3O2/c1-16(2,13-17)7-4-9-21-15-6-5-14(19-12-15)11-18-8-10-20-3/h5-6,12,18H,4,7-11H2,1-3H3. The molecule has 0 aliphatic carbocycles. The lowest BCUT2D eigenvalue weighted by Gasteiger charge is -2.14. The highest BCUT2D eigenvalue weighted by molar-refractivity contribution is 5.19. The van der Waals surface area contributed by atoms with Crippen molar-refractivity contribution in [3.8, 4) is 11.8 Å². The Morgan fingerprint density at radius 3 is 2.76 bits per heavy atom. The van der Waals surface area contributed by atoms with Crippen molar-refractivity contribution >= 4 is 0 Å². The Labute approximate surface area is 127 Å². The van der Waals surface area contributed by atoms with Gasteiger partial charge < -0.3 is 14.8 Å². The minimum Gasteiger partial charge on any atom is -0.492 e. The van der Waals surface area contributed by atoms with Gasteiger partial charge in [-0.2, -0.15) is 5.26 Å². The van der Waals surface area contributed by atoms with E-state index in [1.165, 1.54) is 0 Å². The summed E-state index contributed by atoms with van der Waals surface area (Å²) in [5.41, 5.74) is 0.698. The lowest BCUT2D eigenvalue weighted by Crippen LogP contribution is -2.19. The van der Waals surface area contributed by atoms with Crippen molar-refractivity contribution in [3.63, 3.8) is 0 Å². The third-order valence-corrected chi connectivity index (χ3v) is 3.10. The molecule has 0 spiro atoms. The summed E-state index contributed by atoms with van der Waals surface area (Å²) in [6.45, 7) is 6.73. The molecule has 0 bridgehead atoms. The van der Waals surface area contributed by atoms with Gasteiger partial charge in [-0.25, -0.2) is 0 Å². The third-order valence-electron chi connectivity index (χ3n) is 3.10. The second-order valence-electron chi connectivity index (χ2n) is 5.60. The molecule has 5 nitrogen and oxygen atoms in total. The first-order valence-electron chi connectivity index (χ1n) is 7.26. The van der Waals surface area contributed by atoms with Gasteiger partial charge in [0.2, 0.25) is 0 Å². The summed E-state index contributed by atoms with van der Waals surface area (Å²) >= 11 is 0. The van der Waals surface area contributed by atoms with E-state index in [1.807, 2.05) is 26.0 Å². The average molecular weight is 291 g/mol. The number of nitrogens with zero attached hydrogens (tertiary/aromatic N) is 2. The largest absolute Gasteiger partial charge is 0.492 e. The molecule has 0 unspecified atom stereocenters. The number of hydrogen-bond acceptors (Lipinski definition) is 5. The van der Waals surface area contributed by atoms with Crippen molar-refractivity contribution in [2.45, 2.75) is 33.2 Å². The van der Waals surface area contributed by atoms with E-state index in [2.05, 4.69) is 16.4 Å². The van der Waals surface area contributed by atoms with Gasteiger partial charge >= 0.3 is 0 Å². The number of ether oxygens (including phenoxy) is 2. The number of nitrogens with one attached hydrogen (secondary N) is 1. The fraction of sp³-hybridized carbons (Fsp3) is 0.625. The molecule has 0 atom stereocenters. The maximum absolute atomic E-state index is 8.93. The molecule has 116 valence electrons. The van der Waals surface area contributed by atoms with Crippen LogP contribution < -0.4 is 10.1 Å². The SMILES string of the molecule is COCCNCc1ccc(OCCCC(C)(C)C#N)cn1. The van der Waals surface area contributed by atoms with E-state index in [4.69, 9.17) is 14.7 Å². The number of nitriles is 1. The van der Waals surface area contributed by atoms with Crippen LogP contribution >= 0.6 is 0 Å². The van der Waals surface area contributed by atoms with Gasteiger partial charge in [0.1, 0.15) is 5.75 Å². The highest BCUT2D eigenvalue weighted by Crippen LogP contribution is 2.20. The first kappa shape index (κ1) is 17.4. The van der Waals surface area contributed by atoms with Crippen LogP contribution in [-0.2, 0) is 11.3 Å². The summed E-state index contributed by atoms with van der Waals surface area (Å²) < 4.78 is 10.6. The molecule has 0 fully saturated rings. The predicted molar refractivity (Wildman–Crippen MR) is 81.9 cm³/mol. The average Bonchev–Trinajstić information content (AvgIpc) is 2.49. The van der Waals surface area contributed by atoms with E-state index in [-0.39, 0.29) is 5.41 Å². The molecule has 1 aromatic rings. The fourth-order valence-corrected chi connectivity index (χ4v) is 1.75. The van der Waals surface area contributed by atoms with Crippen LogP contribution in [0.1, 0.15) is 32.4 Å². The summed E-state index contributed by atoms with van der Waals surface area (Å²) in [5, 5.41) is 12.2. The van der Waals surface area contributed by atoms with E-state index in [1.54, 1.807) is 13.3 Å². The Bertz CT molecular complexity index is 438. The van der Waals surface area contributed by atoms with Crippen LogP contribution in [-0.4, -0.2) is 31.9 Å². The van der Waals surface area contributed by atoms with Gasteiger partial charge in [0.05, 0.1) is 36.6 Å². The van der Waals surface area contributed by atoms with Crippen molar-refractivity contribution in [3.05, 3.63) is 24.0 Å². The van der Waals surface area contributed by atoms with Gasteiger partial charge in [0.25, 0.3) is 0 Å². The maximum atomic E-state index is 8.93. The van der Waals surface area contributed by atoms with Gasteiger partial charge in [-0.15, -0.1) is 0 Å². The first-order chi connectivity index (χ1) is 10.1. The van der Waals surface area contributed by atoms with Crippen molar-refractivity contribution < 1.29 is 9.47 Å². The molecule has 21 heavy (non-hydrogen) atoms. The normalized spacial score (nSPS) is 11.1. The topological polar surface area (TPSA) is 67.2 Å². The van der Waals surface area contributed by atoms with Gasteiger partial charge in [0, 0.05) is 20.2 Å². The minimum atomic E-state index is -0.278. The monoisotopic (exact) mass is 291 g/mol. The quantitative estimate of drug-likeness (QED) is 0.671. The Balaban J connectivity index is 2.24. The lowest BCUT2D eigenvalue weighted by molar-refractivity contribution is 0.199. The fourth-order valence-electron chi connectivity index (χ4n) is 1.75. The van der Waals surface area contributed by atoms with Crippen LogP contribution in [0.15, 0.2) is 18.3 Å². The molecular formula is C16H25N3O2. The van der Waals surface area contributed by atoms with Gasteiger partial charge in [-0.3, -0.25) is 4.98 Å². The zero-order valence-corrected chi connectivity index (χ0v) is 13.2. The molecule has 0 radical (unpaired) electrons. The van der Waals surface area contributed by atoms with Gasteiger partial charge in [0.15, 0.2) is 0 Å². The van der Waals surface area contributed by atoms with E-state index >= 15 is 0 Å². The molecule has 5 heteroatoms. The molecule has 0 aliphatic heterocycles. The molecule has 1 N–H and O–H groups in total. The minimum absolute atomic E-state index is 0.278. The summed E-state index contributed by atoms with van der Waals surface area (Å²) in [6, 6.07) is 6.17.